The molecule has 0 radical (unpaired) electrons. The van der Waals surface area contributed by atoms with Crippen molar-refractivity contribution in [3.05, 3.63) is 89.1 Å². The highest BCUT2D eigenvalue weighted by atomic mass is 19.4. The Balaban J connectivity index is 1.86. The fourth-order valence-electron chi connectivity index (χ4n) is 3.69. The summed E-state index contributed by atoms with van der Waals surface area (Å²) in [7, 11) is 0. The average molecular weight is 433 g/mol. The van der Waals surface area contributed by atoms with E-state index in [1.165, 1.54) is 35.4 Å². The van der Waals surface area contributed by atoms with Crippen molar-refractivity contribution in [1.82, 2.24) is 10.2 Å². The summed E-state index contributed by atoms with van der Waals surface area (Å²) in [6, 6.07) is 13.1. The third kappa shape index (κ3) is 6.10. The van der Waals surface area contributed by atoms with Crippen LogP contribution >= 0.6 is 0 Å². The number of alkyl halides is 3. The summed E-state index contributed by atoms with van der Waals surface area (Å²) in [6.45, 7) is 0.736. The highest BCUT2D eigenvalue weighted by molar-refractivity contribution is 5.67. The lowest BCUT2D eigenvalue weighted by Crippen LogP contribution is -2.34. The number of halogens is 4. The average Bonchev–Trinajstić information content (AvgIpc) is 2.75. The number of rotatable bonds is 9. The molecule has 0 aliphatic carbocycles. The predicted octanol–water partition coefficient (Wildman–Crippen LogP) is 5.69. The first-order valence-electron chi connectivity index (χ1n) is 10.4. The van der Waals surface area contributed by atoms with E-state index in [4.69, 9.17) is 5.73 Å². The Kier molecular flexibility index (Phi) is 7.74. The van der Waals surface area contributed by atoms with Gasteiger partial charge >= 0.3 is 6.18 Å². The van der Waals surface area contributed by atoms with Gasteiger partial charge in [0, 0.05) is 18.9 Å². The summed E-state index contributed by atoms with van der Waals surface area (Å²) >= 11 is 0. The zero-order chi connectivity index (χ0) is 22.3. The van der Waals surface area contributed by atoms with Crippen molar-refractivity contribution in [3.8, 4) is 0 Å². The molecule has 0 aromatic heterocycles. The van der Waals surface area contributed by atoms with Crippen LogP contribution in [0.2, 0.25) is 0 Å². The van der Waals surface area contributed by atoms with Crippen LogP contribution in [0, 0.1) is 5.82 Å². The Bertz CT molecular complexity index is 917. The fraction of sp³-hybridized carbons (Fsp3) is 0.333. The van der Waals surface area contributed by atoms with E-state index in [1.54, 1.807) is 0 Å². The van der Waals surface area contributed by atoms with Gasteiger partial charge in [0.25, 0.3) is 0 Å². The van der Waals surface area contributed by atoms with Crippen molar-refractivity contribution in [1.29, 1.82) is 0 Å². The van der Waals surface area contributed by atoms with Crippen LogP contribution in [0.25, 0.3) is 5.70 Å². The Hall–Kier alpha value is -2.80. The largest absolute Gasteiger partial charge is 0.432 e. The number of aryl methyl sites for hydroxylation is 1. The topological polar surface area (TPSA) is 41.3 Å². The molecule has 166 valence electrons. The first-order chi connectivity index (χ1) is 14.9. The van der Waals surface area contributed by atoms with Gasteiger partial charge in [-0.3, -0.25) is 0 Å². The van der Waals surface area contributed by atoms with Crippen LogP contribution < -0.4 is 11.1 Å². The van der Waals surface area contributed by atoms with Crippen LogP contribution in [-0.2, 0) is 13.0 Å². The number of nitrogens with two attached hydrogens (primary N) is 1. The third-order valence-electron chi connectivity index (χ3n) is 5.30. The maximum absolute atomic E-state index is 13.8. The van der Waals surface area contributed by atoms with Crippen molar-refractivity contribution in [3.63, 3.8) is 0 Å². The van der Waals surface area contributed by atoms with Crippen LogP contribution in [0.5, 0.6) is 0 Å². The van der Waals surface area contributed by atoms with E-state index in [0.717, 1.165) is 49.4 Å². The zero-order valence-electron chi connectivity index (χ0n) is 17.3. The van der Waals surface area contributed by atoms with Crippen molar-refractivity contribution < 1.29 is 17.6 Å². The number of allylic oxidation sites excluding steroid dienone is 1. The molecule has 31 heavy (non-hydrogen) atoms. The molecule has 0 bridgehead atoms. The first kappa shape index (κ1) is 22.9. The molecule has 0 saturated carbocycles. The summed E-state index contributed by atoms with van der Waals surface area (Å²) in [4.78, 5) is 1.25. The minimum Gasteiger partial charge on any atom is -0.364 e. The second kappa shape index (κ2) is 10.5. The second-order valence-electron chi connectivity index (χ2n) is 7.54. The van der Waals surface area contributed by atoms with Crippen LogP contribution in [0.1, 0.15) is 42.4 Å². The number of hydrogen-bond donors (Lipinski definition) is 2. The molecule has 1 aliphatic rings. The Morgan fingerprint density at radius 1 is 0.839 bits per heavy atom. The lowest BCUT2D eigenvalue weighted by Gasteiger charge is -2.34. The van der Waals surface area contributed by atoms with Gasteiger partial charge in [-0.2, -0.15) is 13.2 Å². The molecule has 1 heterocycles. The van der Waals surface area contributed by atoms with E-state index in [9.17, 15) is 17.6 Å². The Labute approximate surface area is 180 Å². The molecule has 7 heteroatoms. The molecule has 3 nitrogen and oxygen atoms in total. The Morgan fingerprint density at radius 3 is 2.19 bits per heavy atom. The summed E-state index contributed by atoms with van der Waals surface area (Å²) in [5.74, 6) is -0.439. The summed E-state index contributed by atoms with van der Waals surface area (Å²) in [6.07, 6.45) is 2.76. The summed E-state index contributed by atoms with van der Waals surface area (Å²) in [5, 5.41) is 2.60. The van der Waals surface area contributed by atoms with E-state index in [-0.39, 0.29) is 6.54 Å². The van der Waals surface area contributed by atoms with Crippen LogP contribution in [0.15, 0.2) is 66.6 Å². The summed E-state index contributed by atoms with van der Waals surface area (Å²) in [5.41, 5.74) is 7.47. The molecule has 0 amide bonds. The van der Waals surface area contributed by atoms with Crippen molar-refractivity contribution >= 4 is 5.70 Å². The lowest BCUT2D eigenvalue weighted by molar-refractivity contribution is -0.108. The van der Waals surface area contributed by atoms with E-state index in [2.05, 4.69) is 5.32 Å². The van der Waals surface area contributed by atoms with Crippen LogP contribution in [-0.4, -0.2) is 17.6 Å². The highest BCUT2D eigenvalue weighted by Crippen LogP contribution is 2.37. The number of unbranched alkanes of at least 4 members (excludes halogenated alkanes) is 3. The van der Waals surface area contributed by atoms with Gasteiger partial charge in [0.05, 0.1) is 5.70 Å². The molecule has 3 N–H and O–H groups in total. The molecule has 1 aliphatic heterocycles. The Morgan fingerprint density at radius 2 is 1.52 bits per heavy atom. The van der Waals surface area contributed by atoms with E-state index in [1.807, 2.05) is 24.3 Å². The van der Waals surface area contributed by atoms with Gasteiger partial charge in [-0.25, -0.2) is 4.39 Å². The molecule has 3 rings (SSSR count). The molecule has 2 aromatic carbocycles. The smallest absolute Gasteiger partial charge is 0.364 e. The van der Waals surface area contributed by atoms with E-state index in [0.29, 0.717) is 17.8 Å². The SMILES string of the molecule is NCCCCCCc1ccccc1CN1C(c2ccc(F)cc2)=CNC=C1C(F)(F)F. The third-order valence-corrected chi connectivity index (χ3v) is 5.30. The van der Waals surface area contributed by atoms with Gasteiger partial charge in [-0.15, -0.1) is 0 Å². The lowest BCUT2D eigenvalue weighted by atomic mass is 9.99. The number of hydrogen-bond acceptors (Lipinski definition) is 3. The highest BCUT2D eigenvalue weighted by Gasteiger charge is 2.40. The molecule has 0 atom stereocenters. The minimum atomic E-state index is -4.54. The van der Waals surface area contributed by atoms with Crippen molar-refractivity contribution in [2.75, 3.05) is 6.54 Å². The molecule has 2 aromatic rings. The quantitative estimate of drug-likeness (QED) is 0.394. The van der Waals surface area contributed by atoms with Gasteiger partial charge in [-0.05, 0) is 66.8 Å². The maximum Gasteiger partial charge on any atom is 0.432 e. The molecular formula is C24H27F4N3. The van der Waals surface area contributed by atoms with Gasteiger partial charge < -0.3 is 16.0 Å². The maximum atomic E-state index is 13.8. The number of nitrogens with zero attached hydrogens (tertiary/aromatic N) is 1. The van der Waals surface area contributed by atoms with Crippen molar-refractivity contribution in [2.24, 2.45) is 5.73 Å². The van der Waals surface area contributed by atoms with Gasteiger partial charge in [0.15, 0.2) is 0 Å². The second-order valence-corrected chi connectivity index (χ2v) is 7.54. The van der Waals surface area contributed by atoms with Gasteiger partial charge in [0.1, 0.15) is 11.5 Å². The zero-order valence-corrected chi connectivity index (χ0v) is 17.3. The van der Waals surface area contributed by atoms with Gasteiger partial charge in [-0.1, -0.05) is 37.1 Å². The molecule has 0 spiro atoms. The summed E-state index contributed by atoms with van der Waals surface area (Å²) < 4.78 is 54.8. The van der Waals surface area contributed by atoms with Crippen LogP contribution in [0.3, 0.4) is 0 Å². The van der Waals surface area contributed by atoms with E-state index >= 15 is 0 Å². The molecule has 0 fully saturated rings. The van der Waals surface area contributed by atoms with E-state index < -0.39 is 17.7 Å². The standard InChI is InChI=1S/C24H27F4N3/c25-21-12-10-19(11-13-21)22-15-30-16-23(24(26,27)28)31(22)17-20-9-5-4-8-18(20)7-3-1-2-6-14-29/h4-5,8-13,15-16,30H,1-3,6-7,14,17,29H2. The molecule has 0 unspecified atom stereocenters. The number of nitrogens with one attached hydrogen (secondary N) is 1. The fourth-order valence-corrected chi connectivity index (χ4v) is 3.69. The minimum absolute atomic E-state index is 0.0647. The van der Waals surface area contributed by atoms with Crippen molar-refractivity contribution in [2.45, 2.75) is 44.8 Å². The van der Waals surface area contributed by atoms with Crippen LogP contribution in [0.4, 0.5) is 17.6 Å². The molecule has 0 saturated heterocycles. The normalized spacial score (nSPS) is 14.2. The first-order valence-corrected chi connectivity index (χ1v) is 10.4. The predicted molar refractivity (Wildman–Crippen MR) is 115 cm³/mol. The van der Waals surface area contributed by atoms with Gasteiger partial charge in [0.2, 0.25) is 0 Å². The monoisotopic (exact) mass is 433 g/mol. The number of benzene rings is 2. The molecular weight excluding hydrogens is 406 g/mol.